The number of hydrogen-bond donors (Lipinski definition) is 1. The van der Waals surface area contributed by atoms with Gasteiger partial charge in [0, 0.05) is 12.1 Å². The van der Waals surface area contributed by atoms with Gasteiger partial charge in [0.15, 0.2) is 0 Å². The molecule has 0 aliphatic heterocycles. The van der Waals surface area contributed by atoms with Gasteiger partial charge < -0.3 is 5.11 Å². The van der Waals surface area contributed by atoms with Crippen LogP contribution in [0.25, 0.3) is 22.4 Å². The lowest BCUT2D eigenvalue weighted by molar-refractivity contribution is 0.373. The average molecular weight is 320 g/mol. The predicted octanol–water partition coefficient (Wildman–Crippen LogP) is 5.20. The molecular weight excluding hydrogens is 296 g/mol. The van der Waals surface area contributed by atoms with Gasteiger partial charge in [-0.15, -0.1) is 0 Å². The molecule has 3 rings (SSSR count). The van der Waals surface area contributed by atoms with E-state index in [0.29, 0.717) is 12.5 Å². The lowest BCUT2D eigenvalue weighted by Crippen LogP contribution is -2.05. The van der Waals surface area contributed by atoms with E-state index in [1.807, 2.05) is 12.1 Å². The van der Waals surface area contributed by atoms with Gasteiger partial charge in [0.2, 0.25) is 5.88 Å². The summed E-state index contributed by atoms with van der Waals surface area (Å²) in [5.74, 6) is 0.649. The Balaban J connectivity index is 2.18. The highest BCUT2D eigenvalue weighted by Gasteiger charge is 2.20. The molecule has 3 heteroatoms. The van der Waals surface area contributed by atoms with E-state index in [9.17, 15) is 5.11 Å². The second kappa shape index (κ2) is 6.52. The summed E-state index contributed by atoms with van der Waals surface area (Å²) in [6, 6.07) is 16.5. The van der Waals surface area contributed by atoms with Crippen LogP contribution in [-0.4, -0.2) is 14.9 Å². The molecule has 1 N–H and O–H groups in total. The molecule has 1 heterocycles. The van der Waals surface area contributed by atoms with Crippen molar-refractivity contribution in [3.8, 4) is 28.3 Å². The molecule has 3 nitrogen and oxygen atoms in total. The molecule has 0 amide bonds. The molecule has 0 fully saturated rings. The lowest BCUT2D eigenvalue weighted by atomic mass is 10.00. The fourth-order valence-electron chi connectivity index (χ4n) is 2.83. The van der Waals surface area contributed by atoms with Crippen molar-refractivity contribution in [3.63, 3.8) is 0 Å². The summed E-state index contributed by atoms with van der Waals surface area (Å²) in [6.07, 6.45) is 0. The summed E-state index contributed by atoms with van der Waals surface area (Å²) in [7, 11) is 0. The average Bonchev–Trinajstić information content (AvgIpc) is 2.85. The minimum atomic E-state index is 0.239. The summed E-state index contributed by atoms with van der Waals surface area (Å²) in [5, 5.41) is 15.5. The summed E-state index contributed by atoms with van der Waals surface area (Å²) in [4.78, 5) is 0. The van der Waals surface area contributed by atoms with E-state index in [-0.39, 0.29) is 5.88 Å². The number of rotatable bonds is 4. The smallest absolute Gasteiger partial charge is 0.218 e. The molecule has 1 aromatic heterocycles. The van der Waals surface area contributed by atoms with Crippen molar-refractivity contribution in [3.05, 3.63) is 59.7 Å². The monoisotopic (exact) mass is 320 g/mol. The van der Waals surface area contributed by atoms with Crippen LogP contribution in [0, 0.1) is 19.8 Å². The molecule has 0 saturated carbocycles. The molecule has 0 aliphatic carbocycles. The normalized spacial score (nSPS) is 11.2. The van der Waals surface area contributed by atoms with E-state index >= 15 is 0 Å². The van der Waals surface area contributed by atoms with Crippen LogP contribution >= 0.6 is 0 Å². The number of aryl methyl sites for hydroxylation is 2. The Labute approximate surface area is 143 Å². The summed E-state index contributed by atoms with van der Waals surface area (Å²) < 4.78 is 1.72. The molecule has 0 unspecified atom stereocenters. The Kier molecular flexibility index (Phi) is 4.43. The Morgan fingerprint density at radius 1 is 0.875 bits per heavy atom. The van der Waals surface area contributed by atoms with Gasteiger partial charge in [-0.25, -0.2) is 4.68 Å². The van der Waals surface area contributed by atoms with Gasteiger partial charge in [0.25, 0.3) is 0 Å². The highest BCUT2D eigenvalue weighted by Crippen LogP contribution is 2.39. The van der Waals surface area contributed by atoms with E-state index in [1.54, 1.807) is 4.68 Å². The maximum Gasteiger partial charge on any atom is 0.218 e. The lowest BCUT2D eigenvalue weighted by Gasteiger charge is -2.06. The van der Waals surface area contributed by atoms with E-state index < -0.39 is 0 Å². The first kappa shape index (κ1) is 16.3. The topological polar surface area (TPSA) is 38.0 Å². The third-order valence-electron chi connectivity index (χ3n) is 4.13. The van der Waals surface area contributed by atoms with Gasteiger partial charge in [-0.05, 0) is 25.3 Å². The summed E-state index contributed by atoms with van der Waals surface area (Å²) in [6.45, 7) is 9.07. The SMILES string of the molecule is Cc1ccc(-c2nn(CC(C)C)c(O)c2-c2ccc(C)cc2)cc1. The molecule has 0 atom stereocenters. The molecule has 24 heavy (non-hydrogen) atoms. The maximum atomic E-state index is 10.8. The van der Waals surface area contributed by atoms with Gasteiger partial charge >= 0.3 is 0 Å². The van der Waals surface area contributed by atoms with E-state index in [4.69, 9.17) is 5.10 Å². The Hall–Kier alpha value is -2.55. The molecule has 0 aliphatic rings. The second-order valence-corrected chi connectivity index (χ2v) is 6.86. The van der Waals surface area contributed by atoms with Crippen molar-refractivity contribution in [1.82, 2.24) is 9.78 Å². The first-order valence-corrected chi connectivity index (χ1v) is 8.39. The molecule has 3 aromatic rings. The number of aromatic nitrogens is 2. The Morgan fingerprint density at radius 3 is 1.88 bits per heavy atom. The van der Waals surface area contributed by atoms with E-state index in [2.05, 4.69) is 64.1 Å². The van der Waals surface area contributed by atoms with Gasteiger partial charge in [0.05, 0.1) is 5.56 Å². The standard InChI is InChI=1S/C21H24N2O/c1-14(2)13-23-21(24)19(17-9-5-15(3)6-10-17)20(22-23)18-11-7-16(4)8-12-18/h5-12,14,24H,13H2,1-4H3. The number of nitrogens with zero attached hydrogens (tertiary/aromatic N) is 2. The van der Waals surface area contributed by atoms with E-state index in [0.717, 1.165) is 22.4 Å². The summed E-state index contributed by atoms with van der Waals surface area (Å²) in [5.41, 5.74) is 6.06. The van der Waals surface area contributed by atoms with Crippen LogP contribution in [0.5, 0.6) is 5.88 Å². The number of benzene rings is 2. The van der Waals surface area contributed by atoms with Gasteiger partial charge in [-0.1, -0.05) is 73.5 Å². The van der Waals surface area contributed by atoms with Crippen molar-refractivity contribution >= 4 is 0 Å². The quantitative estimate of drug-likeness (QED) is 0.718. The first-order chi connectivity index (χ1) is 11.5. The van der Waals surface area contributed by atoms with Crippen LogP contribution in [0.15, 0.2) is 48.5 Å². The van der Waals surface area contributed by atoms with Crippen molar-refractivity contribution in [2.24, 2.45) is 5.92 Å². The summed E-state index contributed by atoms with van der Waals surface area (Å²) >= 11 is 0. The molecule has 0 bridgehead atoms. The Morgan fingerprint density at radius 2 is 1.38 bits per heavy atom. The molecule has 0 spiro atoms. The predicted molar refractivity (Wildman–Crippen MR) is 99.1 cm³/mol. The number of hydrogen-bond acceptors (Lipinski definition) is 2. The van der Waals surface area contributed by atoms with Crippen LogP contribution in [0.3, 0.4) is 0 Å². The third-order valence-corrected chi connectivity index (χ3v) is 4.13. The van der Waals surface area contributed by atoms with Crippen molar-refractivity contribution in [2.75, 3.05) is 0 Å². The van der Waals surface area contributed by atoms with Crippen molar-refractivity contribution in [2.45, 2.75) is 34.2 Å². The number of aromatic hydroxyl groups is 1. The van der Waals surface area contributed by atoms with Crippen LogP contribution in [-0.2, 0) is 6.54 Å². The minimum Gasteiger partial charge on any atom is -0.493 e. The molecule has 124 valence electrons. The third kappa shape index (κ3) is 3.21. The minimum absolute atomic E-state index is 0.239. The highest BCUT2D eigenvalue weighted by atomic mass is 16.3. The largest absolute Gasteiger partial charge is 0.493 e. The van der Waals surface area contributed by atoms with Crippen molar-refractivity contribution in [1.29, 1.82) is 0 Å². The fourth-order valence-corrected chi connectivity index (χ4v) is 2.83. The molecule has 0 saturated heterocycles. The first-order valence-electron chi connectivity index (χ1n) is 8.39. The zero-order chi connectivity index (χ0) is 17.3. The van der Waals surface area contributed by atoms with Crippen LogP contribution in [0.4, 0.5) is 0 Å². The maximum absolute atomic E-state index is 10.8. The van der Waals surface area contributed by atoms with Gasteiger partial charge in [-0.3, -0.25) is 0 Å². The highest BCUT2D eigenvalue weighted by molar-refractivity contribution is 5.84. The fraction of sp³-hybridized carbons (Fsp3) is 0.286. The zero-order valence-corrected chi connectivity index (χ0v) is 14.7. The van der Waals surface area contributed by atoms with Crippen molar-refractivity contribution < 1.29 is 5.11 Å². The molecule has 2 aromatic carbocycles. The second-order valence-electron chi connectivity index (χ2n) is 6.86. The van der Waals surface area contributed by atoms with Gasteiger partial charge in [-0.2, -0.15) is 5.10 Å². The van der Waals surface area contributed by atoms with Gasteiger partial charge in [0.1, 0.15) is 5.69 Å². The molecular formula is C21H24N2O. The Bertz CT molecular complexity index is 828. The van der Waals surface area contributed by atoms with Crippen LogP contribution in [0.1, 0.15) is 25.0 Å². The van der Waals surface area contributed by atoms with Crippen LogP contribution < -0.4 is 0 Å². The van der Waals surface area contributed by atoms with Crippen LogP contribution in [0.2, 0.25) is 0 Å². The van der Waals surface area contributed by atoms with E-state index in [1.165, 1.54) is 11.1 Å². The zero-order valence-electron chi connectivity index (χ0n) is 14.7. The molecule has 0 radical (unpaired) electrons.